The molecule has 4 rings (SSSR count). The van der Waals surface area contributed by atoms with Crippen LogP contribution in [0.25, 0.3) is 10.9 Å². The Morgan fingerprint density at radius 3 is 2.50 bits per heavy atom. The Labute approximate surface area is 196 Å². The van der Waals surface area contributed by atoms with Crippen molar-refractivity contribution in [3.63, 3.8) is 0 Å². The summed E-state index contributed by atoms with van der Waals surface area (Å²) in [7, 11) is 0. The molecule has 1 saturated carbocycles. The van der Waals surface area contributed by atoms with Crippen LogP contribution in [0.2, 0.25) is 0 Å². The van der Waals surface area contributed by atoms with Gasteiger partial charge in [-0.25, -0.2) is 4.98 Å². The SMILES string of the molecule is CC(C)(O)c1cc2nn([C@H]3CC[C@](C)(O)CC3)cc2cc1NC(=O)c1cccc(C(C)(F)F)n1. The van der Waals surface area contributed by atoms with E-state index < -0.39 is 28.7 Å². The number of aromatic nitrogens is 3. The number of rotatable bonds is 5. The molecule has 3 N–H and O–H groups in total. The highest BCUT2D eigenvalue weighted by molar-refractivity contribution is 6.04. The van der Waals surface area contributed by atoms with E-state index in [4.69, 9.17) is 5.10 Å². The number of halogens is 2. The lowest BCUT2D eigenvalue weighted by Gasteiger charge is -2.33. The van der Waals surface area contributed by atoms with Gasteiger partial charge in [0, 0.05) is 29.8 Å². The fourth-order valence-corrected chi connectivity index (χ4v) is 4.37. The summed E-state index contributed by atoms with van der Waals surface area (Å²) in [5.41, 5.74) is -1.12. The number of carbonyl (C=O) groups excluding carboxylic acids is 1. The zero-order valence-corrected chi connectivity index (χ0v) is 19.8. The molecule has 0 bridgehead atoms. The predicted octanol–water partition coefficient (Wildman–Crippen LogP) is 4.89. The summed E-state index contributed by atoms with van der Waals surface area (Å²) >= 11 is 0. The van der Waals surface area contributed by atoms with Gasteiger partial charge in [-0.05, 0) is 70.7 Å². The minimum absolute atomic E-state index is 0.147. The molecule has 0 spiro atoms. The van der Waals surface area contributed by atoms with Crippen molar-refractivity contribution in [1.82, 2.24) is 14.8 Å². The third-order valence-corrected chi connectivity index (χ3v) is 6.41. The van der Waals surface area contributed by atoms with Crippen LogP contribution in [0, 0.1) is 0 Å². The smallest absolute Gasteiger partial charge is 0.287 e. The van der Waals surface area contributed by atoms with Crippen LogP contribution >= 0.6 is 0 Å². The Bertz CT molecular complexity index is 1220. The van der Waals surface area contributed by atoms with Gasteiger partial charge in [0.05, 0.1) is 22.8 Å². The van der Waals surface area contributed by atoms with Crippen LogP contribution in [-0.4, -0.2) is 36.5 Å². The third kappa shape index (κ3) is 5.10. The molecule has 1 amide bonds. The van der Waals surface area contributed by atoms with Crippen molar-refractivity contribution < 1.29 is 23.8 Å². The van der Waals surface area contributed by atoms with E-state index in [1.807, 2.05) is 17.8 Å². The first-order valence-corrected chi connectivity index (χ1v) is 11.4. The summed E-state index contributed by atoms with van der Waals surface area (Å²) in [6, 6.07) is 7.50. The highest BCUT2D eigenvalue weighted by atomic mass is 19.3. The van der Waals surface area contributed by atoms with Gasteiger partial charge in [-0.1, -0.05) is 6.07 Å². The van der Waals surface area contributed by atoms with E-state index in [-0.39, 0.29) is 11.7 Å². The second-order valence-corrected chi connectivity index (χ2v) is 10.1. The monoisotopic (exact) mass is 472 g/mol. The number of anilines is 1. The lowest BCUT2D eigenvalue weighted by atomic mass is 9.84. The normalized spacial score (nSPS) is 21.6. The van der Waals surface area contributed by atoms with E-state index in [0.717, 1.165) is 25.2 Å². The average Bonchev–Trinajstić information content (AvgIpc) is 3.15. The van der Waals surface area contributed by atoms with E-state index in [1.165, 1.54) is 18.2 Å². The van der Waals surface area contributed by atoms with Crippen LogP contribution in [0.1, 0.15) is 81.2 Å². The number of hydrogen-bond donors (Lipinski definition) is 3. The van der Waals surface area contributed by atoms with Crippen LogP contribution in [0.3, 0.4) is 0 Å². The van der Waals surface area contributed by atoms with E-state index in [2.05, 4.69) is 10.3 Å². The molecule has 0 unspecified atom stereocenters. The Hall–Kier alpha value is -2.91. The molecule has 9 heteroatoms. The first-order valence-electron chi connectivity index (χ1n) is 11.4. The molecule has 1 fully saturated rings. The summed E-state index contributed by atoms with van der Waals surface area (Å²) in [6.07, 6.45) is 4.86. The highest BCUT2D eigenvalue weighted by Crippen LogP contribution is 2.37. The van der Waals surface area contributed by atoms with Crippen LogP contribution in [0.4, 0.5) is 14.5 Å². The fraction of sp³-hybridized carbons (Fsp3) is 0.480. The van der Waals surface area contributed by atoms with Gasteiger partial charge in [0.15, 0.2) is 0 Å². The highest BCUT2D eigenvalue weighted by Gasteiger charge is 2.31. The molecule has 1 aromatic carbocycles. The van der Waals surface area contributed by atoms with E-state index >= 15 is 0 Å². The minimum atomic E-state index is -3.17. The van der Waals surface area contributed by atoms with Crippen molar-refractivity contribution in [3.05, 3.63) is 53.5 Å². The number of pyridine rings is 1. The Morgan fingerprint density at radius 1 is 1.21 bits per heavy atom. The second-order valence-electron chi connectivity index (χ2n) is 10.1. The molecule has 7 nitrogen and oxygen atoms in total. The number of benzene rings is 1. The van der Waals surface area contributed by atoms with Gasteiger partial charge in [0.2, 0.25) is 0 Å². The van der Waals surface area contributed by atoms with Crippen molar-refractivity contribution in [2.24, 2.45) is 0 Å². The molecular weight excluding hydrogens is 442 g/mol. The van der Waals surface area contributed by atoms with Gasteiger partial charge in [-0.3, -0.25) is 9.48 Å². The first-order chi connectivity index (χ1) is 15.7. The van der Waals surface area contributed by atoms with Gasteiger partial charge in [0.25, 0.3) is 11.8 Å². The van der Waals surface area contributed by atoms with Crippen molar-refractivity contribution >= 4 is 22.5 Å². The van der Waals surface area contributed by atoms with Crippen LogP contribution in [-0.2, 0) is 11.5 Å². The van der Waals surface area contributed by atoms with Gasteiger partial charge >= 0.3 is 0 Å². The molecule has 1 aliphatic rings. The maximum absolute atomic E-state index is 13.7. The van der Waals surface area contributed by atoms with E-state index in [1.54, 1.807) is 26.0 Å². The second kappa shape index (κ2) is 8.39. The molecule has 0 radical (unpaired) electrons. The number of amides is 1. The number of hydrogen-bond acceptors (Lipinski definition) is 5. The van der Waals surface area contributed by atoms with Gasteiger partial charge < -0.3 is 15.5 Å². The summed E-state index contributed by atoms with van der Waals surface area (Å²) in [6.45, 7) is 5.77. The summed E-state index contributed by atoms with van der Waals surface area (Å²) < 4.78 is 29.2. The first kappa shape index (κ1) is 24.2. The van der Waals surface area contributed by atoms with Crippen LogP contribution in [0.5, 0.6) is 0 Å². The zero-order valence-electron chi connectivity index (χ0n) is 19.8. The molecule has 182 valence electrons. The lowest BCUT2D eigenvalue weighted by Crippen LogP contribution is -2.31. The zero-order chi connectivity index (χ0) is 24.9. The Morgan fingerprint density at radius 2 is 1.88 bits per heavy atom. The maximum Gasteiger partial charge on any atom is 0.287 e. The quantitative estimate of drug-likeness (QED) is 0.491. The average molecular weight is 473 g/mol. The van der Waals surface area contributed by atoms with Gasteiger partial charge in [0.1, 0.15) is 11.4 Å². The number of nitrogens with one attached hydrogen (secondary N) is 1. The number of carbonyl (C=O) groups is 1. The van der Waals surface area contributed by atoms with Crippen molar-refractivity contribution in [2.45, 2.75) is 76.5 Å². The third-order valence-electron chi connectivity index (χ3n) is 6.41. The van der Waals surface area contributed by atoms with Crippen molar-refractivity contribution in [1.29, 1.82) is 0 Å². The predicted molar refractivity (Wildman–Crippen MR) is 125 cm³/mol. The summed E-state index contributed by atoms with van der Waals surface area (Å²) in [5, 5.41) is 29.2. The maximum atomic E-state index is 13.7. The standard InChI is InChI=1S/C25H30F2N4O3/c1-23(2,33)17-13-19-15(14-31(30-19)16-8-10-24(3,34)11-9-16)12-20(17)29-22(32)18-6-5-7-21(28-18)25(4,26)27/h5-7,12-14,16,33-34H,8-11H2,1-4H3,(H,29,32)/t16-,24-. The molecule has 1 aliphatic carbocycles. The number of fused-ring (bicyclic) bond motifs is 1. The van der Waals surface area contributed by atoms with Crippen molar-refractivity contribution in [2.75, 3.05) is 5.32 Å². The van der Waals surface area contributed by atoms with Crippen molar-refractivity contribution in [3.8, 4) is 0 Å². The molecule has 2 heterocycles. The summed E-state index contributed by atoms with van der Waals surface area (Å²) in [5.74, 6) is -3.83. The molecule has 3 aromatic rings. The Kier molecular flexibility index (Phi) is 5.98. The largest absolute Gasteiger partial charge is 0.390 e. The molecule has 0 saturated heterocycles. The lowest BCUT2D eigenvalue weighted by molar-refractivity contribution is 0.00852. The van der Waals surface area contributed by atoms with Crippen LogP contribution in [0.15, 0.2) is 36.5 Å². The molecule has 0 atom stereocenters. The van der Waals surface area contributed by atoms with Crippen LogP contribution < -0.4 is 5.32 Å². The molecular formula is C25H30F2N4O3. The van der Waals surface area contributed by atoms with Gasteiger partial charge in [-0.2, -0.15) is 13.9 Å². The molecule has 2 aromatic heterocycles. The number of alkyl halides is 2. The van der Waals surface area contributed by atoms with Gasteiger partial charge in [-0.15, -0.1) is 0 Å². The Balaban J connectivity index is 1.67. The fourth-order valence-electron chi connectivity index (χ4n) is 4.37. The number of aliphatic hydroxyl groups is 2. The number of nitrogens with zero attached hydrogens (tertiary/aromatic N) is 3. The minimum Gasteiger partial charge on any atom is -0.390 e. The molecule has 34 heavy (non-hydrogen) atoms. The topological polar surface area (TPSA) is 100 Å². The van der Waals surface area contributed by atoms with E-state index in [0.29, 0.717) is 29.6 Å². The molecule has 0 aliphatic heterocycles. The van der Waals surface area contributed by atoms with E-state index in [9.17, 15) is 23.8 Å². The summed E-state index contributed by atoms with van der Waals surface area (Å²) in [4.78, 5) is 16.7.